The first-order chi connectivity index (χ1) is 9.47. The molecule has 0 spiro atoms. The second-order valence-corrected chi connectivity index (χ2v) is 5.75. The molecule has 4 heteroatoms. The fourth-order valence-corrected chi connectivity index (χ4v) is 2.54. The van der Waals surface area contributed by atoms with Gasteiger partial charge in [0.25, 0.3) is 0 Å². The van der Waals surface area contributed by atoms with Gasteiger partial charge in [-0.1, -0.05) is 34.1 Å². The Morgan fingerprint density at radius 3 is 2.15 bits per heavy atom. The highest BCUT2D eigenvalue weighted by Crippen LogP contribution is 2.22. The molecule has 1 nitrogen and oxygen atoms in total. The fourth-order valence-electron chi connectivity index (χ4n) is 2.13. The first-order valence-corrected chi connectivity index (χ1v) is 7.23. The van der Waals surface area contributed by atoms with Crippen molar-refractivity contribution in [3.8, 4) is 0 Å². The first-order valence-electron chi connectivity index (χ1n) is 6.44. The van der Waals surface area contributed by atoms with Gasteiger partial charge in [0.1, 0.15) is 0 Å². The Labute approximate surface area is 126 Å². The highest BCUT2D eigenvalue weighted by Gasteiger charge is 2.13. The quantitative estimate of drug-likeness (QED) is 0.813. The van der Waals surface area contributed by atoms with Gasteiger partial charge in [-0.05, 0) is 49.2 Å². The van der Waals surface area contributed by atoms with Crippen LogP contribution in [0.2, 0.25) is 0 Å². The molecule has 0 aliphatic rings. The summed E-state index contributed by atoms with van der Waals surface area (Å²) in [5, 5.41) is 3.38. The minimum absolute atomic E-state index is 0.0703. The number of benzene rings is 2. The molecule has 0 aliphatic carbocycles. The molecule has 2 rings (SSSR count). The third-order valence-electron chi connectivity index (χ3n) is 3.29. The van der Waals surface area contributed by atoms with Gasteiger partial charge < -0.3 is 5.32 Å². The van der Waals surface area contributed by atoms with E-state index in [-0.39, 0.29) is 12.1 Å². The van der Waals surface area contributed by atoms with Crippen molar-refractivity contribution in [2.45, 2.75) is 25.9 Å². The van der Waals surface area contributed by atoms with Crippen LogP contribution in [0.15, 0.2) is 46.9 Å². The molecule has 1 unspecified atom stereocenters. The largest absolute Gasteiger partial charge is 0.304 e. The molecule has 2 aromatic carbocycles. The van der Waals surface area contributed by atoms with Crippen LogP contribution in [-0.2, 0) is 0 Å². The lowest BCUT2D eigenvalue weighted by atomic mass is 10.0. The lowest BCUT2D eigenvalue weighted by Crippen LogP contribution is -2.22. The molecule has 0 saturated carbocycles. The van der Waals surface area contributed by atoms with Gasteiger partial charge in [-0.2, -0.15) is 0 Å². The first kappa shape index (κ1) is 15.1. The van der Waals surface area contributed by atoms with E-state index in [0.717, 1.165) is 21.7 Å². The van der Waals surface area contributed by atoms with Gasteiger partial charge in [-0.3, -0.25) is 0 Å². The maximum atomic E-state index is 13.2. The van der Waals surface area contributed by atoms with E-state index >= 15 is 0 Å². The minimum atomic E-state index is -0.819. The Kier molecular flexibility index (Phi) is 4.89. The van der Waals surface area contributed by atoms with Crippen molar-refractivity contribution in [3.63, 3.8) is 0 Å². The second kappa shape index (κ2) is 6.46. The zero-order valence-electron chi connectivity index (χ0n) is 11.3. The number of nitrogens with one attached hydrogen (secondary N) is 1. The molecule has 0 saturated heterocycles. The van der Waals surface area contributed by atoms with E-state index in [1.54, 1.807) is 6.07 Å². The van der Waals surface area contributed by atoms with Crippen LogP contribution >= 0.6 is 15.9 Å². The number of halogens is 3. The lowest BCUT2D eigenvalue weighted by molar-refractivity contribution is 0.480. The summed E-state index contributed by atoms with van der Waals surface area (Å²) in [4.78, 5) is 0. The fraction of sp³-hybridized carbons (Fsp3) is 0.250. The van der Waals surface area contributed by atoms with Crippen molar-refractivity contribution in [3.05, 3.63) is 69.7 Å². The van der Waals surface area contributed by atoms with Gasteiger partial charge in [0, 0.05) is 16.6 Å². The SMILES string of the molecule is CC(N[C@H](C)c1cccc(Br)c1)c1ccc(F)c(F)c1. The molecular formula is C16H16BrF2N. The minimum Gasteiger partial charge on any atom is -0.304 e. The van der Waals surface area contributed by atoms with Crippen LogP contribution in [0.4, 0.5) is 8.78 Å². The van der Waals surface area contributed by atoms with Crippen LogP contribution in [0.3, 0.4) is 0 Å². The summed E-state index contributed by atoms with van der Waals surface area (Å²) in [6.07, 6.45) is 0. The standard InChI is InChI=1S/C16H16BrF2N/c1-10(12-4-3-5-14(17)8-12)20-11(2)13-6-7-15(18)16(19)9-13/h3-11,20H,1-2H3/t10-,11?/m1/s1. The smallest absolute Gasteiger partial charge is 0.159 e. The normalized spacial score (nSPS) is 14.1. The van der Waals surface area contributed by atoms with Gasteiger partial charge in [-0.15, -0.1) is 0 Å². The molecule has 0 fully saturated rings. The number of hydrogen-bond acceptors (Lipinski definition) is 1. The van der Waals surface area contributed by atoms with Gasteiger partial charge >= 0.3 is 0 Å². The topological polar surface area (TPSA) is 12.0 Å². The van der Waals surface area contributed by atoms with Crippen LogP contribution < -0.4 is 5.32 Å². The zero-order chi connectivity index (χ0) is 14.7. The van der Waals surface area contributed by atoms with Gasteiger partial charge in [0.2, 0.25) is 0 Å². The Hall–Kier alpha value is -1.26. The summed E-state index contributed by atoms with van der Waals surface area (Å²) < 4.78 is 27.2. The molecule has 0 radical (unpaired) electrons. The highest BCUT2D eigenvalue weighted by molar-refractivity contribution is 9.10. The molecule has 0 aliphatic heterocycles. The molecule has 0 aromatic heterocycles. The summed E-state index contributed by atoms with van der Waals surface area (Å²) in [5.41, 5.74) is 1.86. The average molecular weight is 340 g/mol. The van der Waals surface area contributed by atoms with E-state index in [1.165, 1.54) is 6.07 Å². The van der Waals surface area contributed by atoms with Crippen LogP contribution in [0, 0.1) is 11.6 Å². The summed E-state index contributed by atoms with van der Waals surface area (Å²) in [7, 11) is 0. The van der Waals surface area contributed by atoms with Crippen LogP contribution in [-0.4, -0.2) is 0 Å². The third-order valence-corrected chi connectivity index (χ3v) is 3.79. The van der Waals surface area contributed by atoms with Crippen molar-refractivity contribution >= 4 is 15.9 Å². The molecular weight excluding hydrogens is 324 g/mol. The summed E-state index contributed by atoms with van der Waals surface area (Å²) in [6.45, 7) is 3.97. The van der Waals surface area contributed by atoms with Gasteiger partial charge in [0.15, 0.2) is 11.6 Å². The molecule has 0 bridgehead atoms. The number of hydrogen-bond donors (Lipinski definition) is 1. The van der Waals surface area contributed by atoms with Crippen molar-refractivity contribution in [1.29, 1.82) is 0 Å². The van der Waals surface area contributed by atoms with Crippen molar-refractivity contribution < 1.29 is 8.78 Å². The van der Waals surface area contributed by atoms with Crippen molar-refractivity contribution in [1.82, 2.24) is 5.32 Å². The Morgan fingerprint density at radius 1 is 0.900 bits per heavy atom. The molecule has 1 N–H and O–H groups in total. The third kappa shape index (κ3) is 3.64. The Balaban J connectivity index is 2.10. The van der Waals surface area contributed by atoms with E-state index in [2.05, 4.69) is 21.2 Å². The maximum Gasteiger partial charge on any atom is 0.159 e. The molecule has 106 valence electrons. The van der Waals surface area contributed by atoms with Gasteiger partial charge in [-0.25, -0.2) is 8.78 Å². The van der Waals surface area contributed by atoms with E-state index in [1.807, 2.05) is 38.1 Å². The van der Waals surface area contributed by atoms with Crippen LogP contribution in [0.5, 0.6) is 0 Å². The van der Waals surface area contributed by atoms with E-state index in [9.17, 15) is 8.78 Å². The van der Waals surface area contributed by atoms with Crippen molar-refractivity contribution in [2.24, 2.45) is 0 Å². The second-order valence-electron chi connectivity index (χ2n) is 4.84. The predicted molar refractivity (Wildman–Crippen MR) is 80.5 cm³/mol. The monoisotopic (exact) mass is 339 g/mol. The predicted octanol–water partition coefficient (Wildman–Crippen LogP) is 5.14. The van der Waals surface area contributed by atoms with Crippen molar-refractivity contribution in [2.75, 3.05) is 0 Å². The van der Waals surface area contributed by atoms with E-state index in [4.69, 9.17) is 0 Å². The molecule has 0 amide bonds. The maximum absolute atomic E-state index is 13.2. The molecule has 2 atom stereocenters. The number of rotatable bonds is 4. The van der Waals surface area contributed by atoms with Crippen LogP contribution in [0.1, 0.15) is 37.1 Å². The Morgan fingerprint density at radius 2 is 1.55 bits per heavy atom. The van der Waals surface area contributed by atoms with Crippen LogP contribution in [0.25, 0.3) is 0 Å². The zero-order valence-corrected chi connectivity index (χ0v) is 12.9. The van der Waals surface area contributed by atoms with E-state index in [0.29, 0.717) is 0 Å². The average Bonchev–Trinajstić information content (AvgIpc) is 2.41. The van der Waals surface area contributed by atoms with E-state index < -0.39 is 11.6 Å². The molecule has 20 heavy (non-hydrogen) atoms. The molecule has 2 aromatic rings. The summed E-state index contributed by atoms with van der Waals surface area (Å²) >= 11 is 3.44. The summed E-state index contributed by atoms with van der Waals surface area (Å²) in [5.74, 6) is -1.63. The summed E-state index contributed by atoms with van der Waals surface area (Å²) in [6, 6.07) is 12.0. The van der Waals surface area contributed by atoms with Gasteiger partial charge in [0.05, 0.1) is 0 Å². The highest BCUT2D eigenvalue weighted by atomic mass is 79.9. The lowest BCUT2D eigenvalue weighted by Gasteiger charge is -2.21. The Bertz CT molecular complexity index is 601. The molecule has 0 heterocycles.